The lowest BCUT2D eigenvalue weighted by Gasteiger charge is -2.27. The predicted molar refractivity (Wildman–Crippen MR) is 140 cm³/mol. The van der Waals surface area contributed by atoms with Crippen molar-refractivity contribution < 1.29 is 14.7 Å². The summed E-state index contributed by atoms with van der Waals surface area (Å²) in [4.78, 5) is 30.4. The maximum Gasteiger partial charge on any atom is 0.300 e. The Bertz CT molecular complexity index is 1340. The van der Waals surface area contributed by atoms with E-state index in [1.807, 2.05) is 92.6 Å². The summed E-state index contributed by atoms with van der Waals surface area (Å²) >= 11 is 0. The third-order valence-electron chi connectivity index (χ3n) is 7.17. The second-order valence-corrected chi connectivity index (χ2v) is 9.63. The highest BCUT2D eigenvalue weighted by Crippen LogP contribution is 2.43. The van der Waals surface area contributed by atoms with Gasteiger partial charge in [0.1, 0.15) is 5.76 Å². The van der Waals surface area contributed by atoms with E-state index in [4.69, 9.17) is 0 Å². The molecule has 0 saturated carbocycles. The number of hydrogen-bond donors (Lipinski definition) is 1. The van der Waals surface area contributed by atoms with E-state index in [0.717, 1.165) is 36.1 Å². The van der Waals surface area contributed by atoms with Gasteiger partial charge in [-0.25, -0.2) is 0 Å². The van der Waals surface area contributed by atoms with Crippen LogP contribution in [0.15, 0.2) is 72.3 Å². The average Bonchev–Trinajstić information content (AvgIpc) is 3.13. The number of aliphatic hydroxyl groups excluding tert-OH is 1. The number of fused-ring (bicyclic) bond motifs is 1. The van der Waals surface area contributed by atoms with Crippen molar-refractivity contribution in [3.63, 3.8) is 0 Å². The van der Waals surface area contributed by atoms with Crippen molar-refractivity contribution in [3.8, 4) is 0 Å². The zero-order chi connectivity index (χ0) is 24.7. The van der Waals surface area contributed by atoms with E-state index in [0.29, 0.717) is 11.3 Å². The Kier molecular flexibility index (Phi) is 5.93. The molecule has 5 nitrogen and oxygen atoms in total. The second kappa shape index (κ2) is 9.06. The van der Waals surface area contributed by atoms with Gasteiger partial charge in [-0.15, -0.1) is 0 Å². The quantitative estimate of drug-likeness (QED) is 0.310. The lowest BCUT2D eigenvalue weighted by molar-refractivity contribution is -0.132. The van der Waals surface area contributed by atoms with Gasteiger partial charge in [0, 0.05) is 31.0 Å². The minimum absolute atomic E-state index is 0.116. The Morgan fingerprint density at radius 1 is 0.914 bits per heavy atom. The maximum atomic E-state index is 13.4. The van der Waals surface area contributed by atoms with Gasteiger partial charge in [0.05, 0.1) is 11.6 Å². The average molecular weight is 467 g/mol. The molecule has 1 fully saturated rings. The van der Waals surface area contributed by atoms with Crippen LogP contribution < -0.4 is 9.80 Å². The molecule has 5 heteroatoms. The largest absolute Gasteiger partial charge is 0.507 e. The van der Waals surface area contributed by atoms with Crippen molar-refractivity contribution in [1.82, 2.24) is 0 Å². The molecule has 0 radical (unpaired) electrons. The molecule has 178 valence electrons. The Hall–Kier alpha value is -3.86. The summed E-state index contributed by atoms with van der Waals surface area (Å²) in [5.41, 5.74) is 6.56. The molecule has 0 aromatic heterocycles. The Morgan fingerprint density at radius 2 is 1.60 bits per heavy atom. The number of carbonyl (C=O) groups is 2. The van der Waals surface area contributed by atoms with Gasteiger partial charge in [-0.1, -0.05) is 42.5 Å². The van der Waals surface area contributed by atoms with Crippen LogP contribution in [0.5, 0.6) is 0 Å². The SMILES string of the molecule is Cc1ccccc1N1C(=O)C(=O)/C(=C(\O)c2ccc3c(c2)CCCC3)C1c1ccc(N(C)C)cc1. The number of ketones is 1. The number of Topliss-reactive ketones (excluding diaryl/α,β-unsaturated/α-hetero) is 1. The fourth-order valence-electron chi connectivity index (χ4n) is 5.22. The summed E-state index contributed by atoms with van der Waals surface area (Å²) in [5.74, 6) is -1.40. The Morgan fingerprint density at radius 3 is 2.29 bits per heavy atom. The topological polar surface area (TPSA) is 60.9 Å². The Balaban J connectivity index is 1.69. The molecule has 1 aliphatic heterocycles. The van der Waals surface area contributed by atoms with Gasteiger partial charge in [0.15, 0.2) is 0 Å². The number of hydrogen-bond acceptors (Lipinski definition) is 4. The minimum Gasteiger partial charge on any atom is -0.507 e. The number of carbonyl (C=O) groups excluding carboxylic acids is 2. The minimum atomic E-state index is -0.719. The first-order valence-electron chi connectivity index (χ1n) is 12.1. The normalized spacial score (nSPS) is 19.1. The molecule has 5 rings (SSSR count). The first-order chi connectivity index (χ1) is 16.9. The summed E-state index contributed by atoms with van der Waals surface area (Å²) in [5, 5.41) is 11.5. The number of aliphatic hydroxyl groups is 1. The van der Waals surface area contributed by atoms with Crippen LogP contribution in [-0.4, -0.2) is 30.9 Å². The molecular weight excluding hydrogens is 436 g/mol. The van der Waals surface area contributed by atoms with Crippen LogP contribution in [0.25, 0.3) is 5.76 Å². The van der Waals surface area contributed by atoms with Crippen molar-refractivity contribution >= 4 is 28.8 Å². The highest BCUT2D eigenvalue weighted by molar-refractivity contribution is 6.51. The summed E-state index contributed by atoms with van der Waals surface area (Å²) in [6, 6.07) is 20.5. The first kappa shape index (κ1) is 22.9. The third-order valence-corrected chi connectivity index (χ3v) is 7.17. The third kappa shape index (κ3) is 4.01. The maximum absolute atomic E-state index is 13.4. The second-order valence-electron chi connectivity index (χ2n) is 9.63. The van der Waals surface area contributed by atoms with Crippen LogP contribution in [-0.2, 0) is 22.4 Å². The van der Waals surface area contributed by atoms with E-state index < -0.39 is 17.7 Å². The van der Waals surface area contributed by atoms with Gasteiger partial charge in [0.2, 0.25) is 0 Å². The van der Waals surface area contributed by atoms with E-state index >= 15 is 0 Å². The Labute approximate surface area is 206 Å². The van der Waals surface area contributed by atoms with Crippen LogP contribution in [0.2, 0.25) is 0 Å². The summed E-state index contributed by atoms with van der Waals surface area (Å²) in [6.07, 6.45) is 4.28. The molecule has 1 unspecified atom stereocenters. The summed E-state index contributed by atoms with van der Waals surface area (Å²) in [6.45, 7) is 1.92. The molecule has 35 heavy (non-hydrogen) atoms. The molecule has 1 saturated heterocycles. The van der Waals surface area contributed by atoms with Crippen LogP contribution in [0.1, 0.15) is 46.7 Å². The van der Waals surface area contributed by atoms with Crippen LogP contribution in [0.3, 0.4) is 0 Å². The zero-order valence-electron chi connectivity index (χ0n) is 20.4. The fourth-order valence-corrected chi connectivity index (χ4v) is 5.22. The summed E-state index contributed by atoms with van der Waals surface area (Å²) < 4.78 is 0. The predicted octanol–water partition coefficient (Wildman–Crippen LogP) is 5.57. The number of amides is 1. The lowest BCUT2D eigenvalue weighted by atomic mass is 9.88. The number of aryl methyl sites for hydroxylation is 3. The van der Waals surface area contributed by atoms with Crippen molar-refractivity contribution in [2.45, 2.75) is 38.6 Å². The molecule has 0 bridgehead atoms. The molecule has 1 heterocycles. The van der Waals surface area contributed by atoms with E-state index in [1.54, 1.807) is 0 Å². The van der Waals surface area contributed by atoms with Gasteiger partial charge < -0.3 is 10.0 Å². The molecule has 1 atom stereocenters. The van der Waals surface area contributed by atoms with Gasteiger partial charge in [0.25, 0.3) is 11.7 Å². The van der Waals surface area contributed by atoms with Crippen LogP contribution in [0.4, 0.5) is 11.4 Å². The van der Waals surface area contributed by atoms with E-state index in [2.05, 4.69) is 0 Å². The lowest BCUT2D eigenvalue weighted by Crippen LogP contribution is -2.30. The number of nitrogens with zero attached hydrogens (tertiary/aromatic N) is 2. The van der Waals surface area contributed by atoms with Crippen molar-refractivity contribution in [3.05, 3.63) is 100 Å². The van der Waals surface area contributed by atoms with Gasteiger partial charge >= 0.3 is 0 Å². The number of anilines is 2. The smallest absolute Gasteiger partial charge is 0.300 e. The van der Waals surface area contributed by atoms with Crippen molar-refractivity contribution in [2.24, 2.45) is 0 Å². The fraction of sp³-hybridized carbons (Fsp3) is 0.267. The molecule has 2 aliphatic rings. The molecule has 0 spiro atoms. The van der Waals surface area contributed by atoms with Crippen molar-refractivity contribution in [2.75, 3.05) is 23.9 Å². The van der Waals surface area contributed by atoms with E-state index in [1.165, 1.54) is 22.4 Å². The van der Waals surface area contributed by atoms with Gasteiger partial charge in [-0.2, -0.15) is 0 Å². The number of para-hydroxylation sites is 1. The van der Waals surface area contributed by atoms with Crippen LogP contribution in [0, 0.1) is 6.92 Å². The van der Waals surface area contributed by atoms with Gasteiger partial charge in [-0.05, 0) is 79.1 Å². The highest BCUT2D eigenvalue weighted by Gasteiger charge is 2.47. The number of benzene rings is 3. The molecule has 3 aromatic rings. The van der Waals surface area contributed by atoms with Crippen molar-refractivity contribution in [1.29, 1.82) is 0 Å². The molecule has 3 aromatic carbocycles. The van der Waals surface area contributed by atoms with E-state index in [9.17, 15) is 14.7 Å². The zero-order valence-corrected chi connectivity index (χ0v) is 20.4. The molecular formula is C30H30N2O3. The molecule has 1 amide bonds. The highest BCUT2D eigenvalue weighted by atomic mass is 16.3. The first-order valence-corrected chi connectivity index (χ1v) is 12.1. The number of rotatable bonds is 4. The van der Waals surface area contributed by atoms with Gasteiger partial charge in [-0.3, -0.25) is 14.5 Å². The molecule has 1 N–H and O–H groups in total. The summed E-state index contributed by atoms with van der Waals surface area (Å²) in [7, 11) is 3.93. The standard InChI is InChI=1S/C30H30N2O3/c1-19-8-4-7-11-25(19)32-27(21-14-16-24(17-15-21)31(2)3)26(29(34)30(32)35)28(33)23-13-12-20-9-5-6-10-22(20)18-23/h4,7-8,11-18,27,33H,5-6,9-10H2,1-3H3/b28-26-. The monoisotopic (exact) mass is 466 g/mol. The van der Waals surface area contributed by atoms with Crippen LogP contribution >= 0.6 is 0 Å². The molecule has 1 aliphatic carbocycles. The van der Waals surface area contributed by atoms with E-state index in [-0.39, 0.29) is 11.3 Å².